The maximum atomic E-state index is 11.8. The molecule has 0 radical (unpaired) electrons. The average Bonchev–Trinajstić information content (AvgIpc) is 2.77. The minimum absolute atomic E-state index is 0.403. The standard InChI is InChI=1S/C15H14ClN3O/c1-11-5-6-15(9-20,19(11)10-18-2)13-4-3-12(8-17)7-14(13)16/h3-4,7,9-10H,1,5-6H2,2H3. The number of nitrogens with zero attached hydrogens (tertiary/aromatic N) is 3. The number of hydrogen-bond donors (Lipinski definition) is 0. The van der Waals surface area contributed by atoms with E-state index in [-0.39, 0.29) is 0 Å². The number of carbonyl (C=O) groups is 1. The molecule has 2 rings (SSSR count). The Bertz CT molecular complexity index is 632. The molecule has 1 aromatic carbocycles. The molecule has 102 valence electrons. The predicted molar refractivity (Wildman–Crippen MR) is 78.5 cm³/mol. The molecule has 1 aliphatic rings. The van der Waals surface area contributed by atoms with Crippen molar-refractivity contribution in [3.63, 3.8) is 0 Å². The number of nitriles is 1. The minimum Gasteiger partial charge on any atom is -0.320 e. The first kappa shape index (κ1) is 14.3. The van der Waals surface area contributed by atoms with Crippen molar-refractivity contribution in [1.82, 2.24) is 4.90 Å². The van der Waals surface area contributed by atoms with Gasteiger partial charge in [-0.05, 0) is 25.0 Å². The summed E-state index contributed by atoms with van der Waals surface area (Å²) >= 11 is 6.26. The molecule has 1 fully saturated rings. The van der Waals surface area contributed by atoms with Gasteiger partial charge in [-0.3, -0.25) is 4.99 Å². The van der Waals surface area contributed by atoms with Crippen molar-refractivity contribution in [2.75, 3.05) is 7.05 Å². The molecule has 0 bridgehead atoms. The summed E-state index contributed by atoms with van der Waals surface area (Å²) in [5.74, 6) is 0. The second-order valence-electron chi connectivity index (χ2n) is 4.66. The fraction of sp³-hybridized carbons (Fsp3) is 0.267. The molecule has 1 aromatic rings. The van der Waals surface area contributed by atoms with Crippen LogP contribution in [-0.4, -0.2) is 24.6 Å². The number of aliphatic imine (C=N–C) groups is 1. The number of halogens is 1. The van der Waals surface area contributed by atoms with Crippen LogP contribution < -0.4 is 0 Å². The van der Waals surface area contributed by atoms with E-state index < -0.39 is 5.54 Å². The van der Waals surface area contributed by atoms with Gasteiger partial charge in [0.25, 0.3) is 0 Å². The highest BCUT2D eigenvalue weighted by molar-refractivity contribution is 6.31. The molecule has 4 nitrogen and oxygen atoms in total. The largest absolute Gasteiger partial charge is 0.320 e. The fourth-order valence-corrected chi connectivity index (χ4v) is 2.88. The number of aldehydes is 1. The highest BCUT2D eigenvalue weighted by Crippen LogP contribution is 2.43. The van der Waals surface area contributed by atoms with Crippen molar-refractivity contribution in [2.45, 2.75) is 18.4 Å². The van der Waals surface area contributed by atoms with Crippen LogP contribution in [0.5, 0.6) is 0 Å². The third-order valence-electron chi connectivity index (χ3n) is 3.56. The number of allylic oxidation sites excluding steroid dienone is 1. The summed E-state index contributed by atoms with van der Waals surface area (Å²) in [4.78, 5) is 17.5. The van der Waals surface area contributed by atoms with Crippen molar-refractivity contribution in [1.29, 1.82) is 5.26 Å². The van der Waals surface area contributed by atoms with Crippen LogP contribution in [0, 0.1) is 11.3 Å². The Kier molecular flexibility index (Phi) is 3.91. The Labute approximate surface area is 123 Å². The van der Waals surface area contributed by atoms with Gasteiger partial charge in [-0.15, -0.1) is 0 Å². The first-order valence-corrected chi connectivity index (χ1v) is 6.52. The number of rotatable bonds is 3. The van der Waals surface area contributed by atoms with E-state index in [4.69, 9.17) is 16.9 Å². The van der Waals surface area contributed by atoms with Crippen molar-refractivity contribution in [3.8, 4) is 6.07 Å². The maximum absolute atomic E-state index is 11.8. The van der Waals surface area contributed by atoms with Crippen molar-refractivity contribution in [3.05, 3.63) is 46.6 Å². The molecular weight excluding hydrogens is 274 g/mol. The van der Waals surface area contributed by atoms with Gasteiger partial charge < -0.3 is 9.69 Å². The fourth-order valence-electron chi connectivity index (χ4n) is 2.54. The summed E-state index contributed by atoms with van der Waals surface area (Å²) in [5.41, 5.74) is 1.07. The van der Waals surface area contributed by atoms with E-state index in [2.05, 4.69) is 11.6 Å². The van der Waals surface area contributed by atoms with Crippen LogP contribution >= 0.6 is 11.6 Å². The molecule has 1 unspecified atom stereocenters. The second kappa shape index (κ2) is 5.48. The van der Waals surface area contributed by atoms with Crippen molar-refractivity contribution in [2.24, 2.45) is 4.99 Å². The summed E-state index contributed by atoms with van der Waals surface area (Å²) < 4.78 is 0. The smallest absolute Gasteiger partial charge is 0.150 e. The highest BCUT2D eigenvalue weighted by Gasteiger charge is 2.44. The number of hydrogen-bond acceptors (Lipinski definition) is 3. The van der Waals surface area contributed by atoms with Crippen LogP contribution in [-0.2, 0) is 10.3 Å². The first-order chi connectivity index (χ1) is 9.58. The summed E-state index contributed by atoms with van der Waals surface area (Å²) in [6.45, 7) is 3.97. The Balaban J connectivity index is 2.59. The molecule has 0 aromatic heterocycles. The van der Waals surface area contributed by atoms with Crippen LogP contribution in [0.4, 0.5) is 0 Å². The Morgan fingerprint density at radius 2 is 2.35 bits per heavy atom. The van der Waals surface area contributed by atoms with Crippen LogP contribution in [0.3, 0.4) is 0 Å². The van der Waals surface area contributed by atoms with Gasteiger partial charge in [0.15, 0.2) is 6.29 Å². The van der Waals surface area contributed by atoms with Crippen molar-refractivity contribution < 1.29 is 4.79 Å². The number of benzene rings is 1. The summed E-state index contributed by atoms with van der Waals surface area (Å²) in [5, 5.41) is 9.30. The van der Waals surface area contributed by atoms with Crippen LogP contribution in [0.15, 0.2) is 35.5 Å². The Hall–Kier alpha value is -2.12. The van der Waals surface area contributed by atoms with Gasteiger partial charge in [0.05, 0.1) is 18.0 Å². The lowest BCUT2D eigenvalue weighted by atomic mass is 9.88. The predicted octanol–water partition coefficient (Wildman–Crippen LogP) is 2.87. The molecule has 1 aliphatic heterocycles. The van der Waals surface area contributed by atoms with Gasteiger partial charge in [-0.2, -0.15) is 5.26 Å². The first-order valence-electron chi connectivity index (χ1n) is 6.15. The maximum Gasteiger partial charge on any atom is 0.150 e. The second-order valence-corrected chi connectivity index (χ2v) is 5.07. The van der Waals surface area contributed by atoms with Gasteiger partial charge in [-0.1, -0.05) is 24.2 Å². The third-order valence-corrected chi connectivity index (χ3v) is 3.87. The molecule has 5 heteroatoms. The van der Waals surface area contributed by atoms with E-state index in [0.717, 1.165) is 12.0 Å². The highest BCUT2D eigenvalue weighted by atomic mass is 35.5. The lowest BCUT2D eigenvalue weighted by Gasteiger charge is -2.33. The zero-order valence-electron chi connectivity index (χ0n) is 11.1. The molecule has 0 aliphatic carbocycles. The molecule has 1 atom stereocenters. The summed E-state index contributed by atoms with van der Waals surface area (Å²) in [6, 6.07) is 6.99. The SMILES string of the molecule is C=C1CCC(C=O)(c2ccc(C#N)cc2Cl)N1C=NC. The molecule has 0 spiro atoms. The monoisotopic (exact) mass is 287 g/mol. The number of likely N-dealkylation sites (tertiary alicyclic amines) is 1. The van der Waals surface area contributed by atoms with Gasteiger partial charge in [0.1, 0.15) is 5.54 Å². The molecule has 20 heavy (non-hydrogen) atoms. The van der Waals surface area contributed by atoms with Crippen LogP contribution in [0.2, 0.25) is 5.02 Å². The summed E-state index contributed by atoms with van der Waals surface area (Å²) in [6.07, 6.45) is 3.76. The molecule has 0 amide bonds. The zero-order valence-corrected chi connectivity index (χ0v) is 11.9. The normalized spacial score (nSPS) is 22.2. The molecule has 1 saturated heterocycles. The zero-order chi connectivity index (χ0) is 14.8. The van der Waals surface area contributed by atoms with E-state index in [1.165, 1.54) is 0 Å². The van der Waals surface area contributed by atoms with Gasteiger partial charge >= 0.3 is 0 Å². The lowest BCUT2D eigenvalue weighted by molar-refractivity contribution is -0.115. The third kappa shape index (κ3) is 2.10. The quantitative estimate of drug-likeness (QED) is 0.488. The van der Waals surface area contributed by atoms with Gasteiger partial charge in [-0.25, -0.2) is 0 Å². The minimum atomic E-state index is -0.887. The van der Waals surface area contributed by atoms with Gasteiger partial charge in [0, 0.05) is 23.3 Å². The molecule has 0 saturated carbocycles. The van der Waals surface area contributed by atoms with E-state index in [1.54, 1.807) is 36.5 Å². The van der Waals surface area contributed by atoms with E-state index in [1.807, 2.05) is 6.07 Å². The van der Waals surface area contributed by atoms with Crippen LogP contribution in [0.25, 0.3) is 0 Å². The Morgan fingerprint density at radius 3 is 2.90 bits per heavy atom. The number of carbonyl (C=O) groups excluding carboxylic acids is 1. The van der Waals surface area contributed by atoms with E-state index in [9.17, 15) is 4.79 Å². The molecule has 0 N–H and O–H groups in total. The van der Waals surface area contributed by atoms with Crippen molar-refractivity contribution >= 4 is 24.2 Å². The van der Waals surface area contributed by atoms with Crippen LogP contribution in [0.1, 0.15) is 24.0 Å². The Morgan fingerprint density at radius 1 is 1.60 bits per heavy atom. The lowest BCUT2D eigenvalue weighted by Crippen LogP contribution is -2.41. The van der Waals surface area contributed by atoms with E-state index in [0.29, 0.717) is 29.0 Å². The summed E-state index contributed by atoms with van der Waals surface area (Å²) in [7, 11) is 1.64. The topological polar surface area (TPSA) is 56.5 Å². The molecule has 1 heterocycles. The average molecular weight is 288 g/mol. The van der Waals surface area contributed by atoms with E-state index >= 15 is 0 Å². The molecular formula is C15H14ClN3O. The van der Waals surface area contributed by atoms with Gasteiger partial charge in [0.2, 0.25) is 0 Å².